The molecule has 0 saturated heterocycles. The molecule has 0 atom stereocenters. The van der Waals surface area contributed by atoms with E-state index >= 15 is 0 Å². The van der Waals surface area contributed by atoms with Crippen molar-refractivity contribution in [3.05, 3.63) is 89.5 Å². The number of methoxy groups -OCH3 is 1. The van der Waals surface area contributed by atoms with Crippen LogP contribution in [0.2, 0.25) is 0 Å². The van der Waals surface area contributed by atoms with Crippen LogP contribution in [0.1, 0.15) is 26.3 Å². The van der Waals surface area contributed by atoms with Gasteiger partial charge in [-0.15, -0.1) is 0 Å². The lowest BCUT2D eigenvalue weighted by molar-refractivity contribution is 0.102. The molecule has 0 aliphatic carbocycles. The normalized spacial score (nSPS) is 10.1. The molecular weight excluding hydrogens is 340 g/mol. The van der Waals surface area contributed by atoms with E-state index in [1.54, 1.807) is 67.8 Å². The molecule has 0 bridgehead atoms. The molecule has 5 heteroatoms. The second-order valence-electron chi connectivity index (χ2n) is 6.06. The Hall–Kier alpha value is -3.60. The average molecular weight is 360 g/mol. The van der Waals surface area contributed by atoms with Crippen molar-refractivity contribution in [3.63, 3.8) is 0 Å². The fourth-order valence-electron chi connectivity index (χ4n) is 2.67. The van der Waals surface area contributed by atoms with Crippen molar-refractivity contribution in [1.82, 2.24) is 0 Å². The highest BCUT2D eigenvalue weighted by atomic mass is 16.5. The van der Waals surface area contributed by atoms with Gasteiger partial charge in [-0.1, -0.05) is 35.9 Å². The summed E-state index contributed by atoms with van der Waals surface area (Å²) in [6, 6.07) is 21.3. The first kappa shape index (κ1) is 18.2. The quantitative estimate of drug-likeness (QED) is 0.703. The van der Waals surface area contributed by atoms with Crippen LogP contribution in [0.15, 0.2) is 72.8 Å². The number of nitrogens with one attached hydrogen (secondary N) is 2. The van der Waals surface area contributed by atoms with Crippen LogP contribution >= 0.6 is 0 Å². The Labute approximate surface area is 158 Å². The van der Waals surface area contributed by atoms with Crippen molar-refractivity contribution in [2.24, 2.45) is 0 Å². The molecule has 0 aromatic heterocycles. The molecule has 3 rings (SSSR count). The van der Waals surface area contributed by atoms with Crippen LogP contribution < -0.4 is 15.4 Å². The van der Waals surface area contributed by atoms with Crippen molar-refractivity contribution in [1.29, 1.82) is 0 Å². The molecule has 3 aromatic rings. The molecule has 27 heavy (non-hydrogen) atoms. The van der Waals surface area contributed by atoms with Crippen molar-refractivity contribution in [2.75, 3.05) is 17.7 Å². The third kappa shape index (κ3) is 4.52. The number of carbonyl (C=O) groups is 2. The molecule has 0 aliphatic heterocycles. The van der Waals surface area contributed by atoms with E-state index in [1.165, 1.54) is 0 Å². The summed E-state index contributed by atoms with van der Waals surface area (Å²) in [5.74, 6) is 0.0672. The van der Waals surface area contributed by atoms with Gasteiger partial charge in [0, 0.05) is 17.3 Å². The number of benzene rings is 3. The maximum absolute atomic E-state index is 12.7. The molecule has 0 aliphatic rings. The van der Waals surface area contributed by atoms with Crippen LogP contribution in [0.4, 0.5) is 11.4 Å². The van der Waals surface area contributed by atoms with Crippen LogP contribution in [-0.2, 0) is 0 Å². The minimum absolute atomic E-state index is 0.264. The number of carbonyl (C=O) groups excluding carboxylic acids is 2. The van der Waals surface area contributed by atoms with E-state index < -0.39 is 0 Å². The number of para-hydroxylation sites is 1. The van der Waals surface area contributed by atoms with Gasteiger partial charge in [-0.25, -0.2) is 0 Å². The molecular formula is C22H20N2O3. The highest BCUT2D eigenvalue weighted by Crippen LogP contribution is 2.21. The second-order valence-corrected chi connectivity index (χ2v) is 6.06. The standard InChI is InChI=1S/C22H20N2O3/c1-15-7-5-8-16(13-15)21(25)24-20-12-4-3-11-19(20)22(26)23-17-9-6-10-18(14-17)27-2/h3-14H,1-2H3,(H,23,26)(H,24,25). The van der Waals surface area contributed by atoms with Crippen molar-refractivity contribution in [2.45, 2.75) is 6.92 Å². The maximum Gasteiger partial charge on any atom is 0.257 e. The van der Waals surface area contributed by atoms with Gasteiger partial charge in [0.15, 0.2) is 0 Å². The lowest BCUT2D eigenvalue weighted by atomic mass is 10.1. The van der Waals surface area contributed by atoms with Crippen molar-refractivity contribution in [3.8, 4) is 5.75 Å². The topological polar surface area (TPSA) is 67.4 Å². The van der Waals surface area contributed by atoms with Crippen LogP contribution in [0.25, 0.3) is 0 Å². The van der Waals surface area contributed by atoms with Crippen LogP contribution in [-0.4, -0.2) is 18.9 Å². The summed E-state index contributed by atoms with van der Waals surface area (Å²) in [5.41, 5.74) is 2.97. The summed E-state index contributed by atoms with van der Waals surface area (Å²) in [6.07, 6.45) is 0. The Kier molecular flexibility index (Phi) is 5.52. The summed E-state index contributed by atoms with van der Waals surface area (Å²) in [6.45, 7) is 1.92. The number of anilines is 2. The largest absolute Gasteiger partial charge is 0.497 e. The number of ether oxygens (including phenoxy) is 1. The SMILES string of the molecule is COc1cccc(NC(=O)c2ccccc2NC(=O)c2cccc(C)c2)c1. The Morgan fingerprint density at radius 2 is 1.59 bits per heavy atom. The van der Waals surface area contributed by atoms with Gasteiger partial charge in [0.2, 0.25) is 0 Å². The third-order valence-electron chi connectivity index (χ3n) is 4.03. The minimum Gasteiger partial charge on any atom is -0.497 e. The maximum atomic E-state index is 12.7. The number of rotatable bonds is 5. The first-order chi connectivity index (χ1) is 13.1. The second kappa shape index (κ2) is 8.19. The lowest BCUT2D eigenvalue weighted by Crippen LogP contribution is -2.18. The van der Waals surface area contributed by atoms with E-state index in [9.17, 15) is 9.59 Å². The molecule has 136 valence electrons. The van der Waals surface area contributed by atoms with E-state index in [2.05, 4.69) is 10.6 Å². The first-order valence-corrected chi connectivity index (χ1v) is 8.49. The van der Waals surface area contributed by atoms with Crippen LogP contribution in [0.3, 0.4) is 0 Å². The smallest absolute Gasteiger partial charge is 0.257 e. The average Bonchev–Trinajstić information content (AvgIpc) is 2.68. The number of aryl methyl sites for hydroxylation is 1. The monoisotopic (exact) mass is 360 g/mol. The summed E-state index contributed by atoms with van der Waals surface area (Å²) in [4.78, 5) is 25.2. The molecule has 0 spiro atoms. The Morgan fingerprint density at radius 1 is 0.815 bits per heavy atom. The van der Waals surface area contributed by atoms with Gasteiger partial charge >= 0.3 is 0 Å². The zero-order valence-electron chi connectivity index (χ0n) is 15.2. The fraction of sp³-hybridized carbons (Fsp3) is 0.0909. The van der Waals surface area contributed by atoms with Crippen LogP contribution in [0, 0.1) is 6.92 Å². The summed E-state index contributed by atoms with van der Waals surface area (Å²) in [7, 11) is 1.57. The molecule has 5 nitrogen and oxygen atoms in total. The van der Waals surface area contributed by atoms with E-state index in [4.69, 9.17) is 4.74 Å². The van der Waals surface area contributed by atoms with Gasteiger partial charge in [0.25, 0.3) is 11.8 Å². The number of hydrogen-bond acceptors (Lipinski definition) is 3. The molecule has 0 radical (unpaired) electrons. The van der Waals surface area contributed by atoms with Gasteiger partial charge in [-0.05, 0) is 43.3 Å². The first-order valence-electron chi connectivity index (χ1n) is 8.49. The zero-order chi connectivity index (χ0) is 19.2. The molecule has 0 heterocycles. The van der Waals surface area contributed by atoms with Gasteiger partial charge < -0.3 is 15.4 Å². The number of amides is 2. The highest BCUT2D eigenvalue weighted by molar-refractivity contribution is 6.12. The van der Waals surface area contributed by atoms with E-state index in [-0.39, 0.29) is 11.8 Å². The molecule has 0 saturated carbocycles. The Bertz CT molecular complexity index is 983. The highest BCUT2D eigenvalue weighted by Gasteiger charge is 2.14. The van der Waals surface area contributed by atoms with Gasteiger partial charge in [-0.2, -0.15) is 0 Å². The summed E-state index contributed by atoms with van der Waals surface area (Å²) in [5, 5.41) is 5.64. The van der Waals surface area contributed by atoms with Crippen molar-refractivity contribution >= 4 is 23.2 Å². The zero-order valence-corrected chi connectivity index (χ0v) is 15.2. The lowest BCUT2D eigenvalue weighted by Gasteiger charge is -2.12. The van der Waals surface area contributed by atoms with Crippen molar-refractivity contribution < 1.29 is 14.3 Å². The van der Waals surface area contributed by atoms with Gasteiger partial charge in [0.1, 0.15) is 5.75 Å². The Morgan fingerprint density at radius 3 is 2.37 bits per heavy atom. The van der Waals surface area contributed by atoms with Crippen LogP contribution in [0.5, 0.6) is 5.75 Å². The molecule has 0 unspecified atom stereocenters. The summed E-state index contributed by atoms with van der Waals surface area (Å²) >= 11 is 0. The predicted molar refractivity (Wildman–Crippen MR) is 107 cm³/mol. The van der Waals surface area contributed by atoms with E-state index in [0.29, 0.717) is 28.3 Å². The van der Waals surface area contributed by atoms with E-state index in [1.807, 2.05) is 19.1 Å². The summed E-state index contributed by atoms with van der Waals surface area (Å²) < 4.78 is 5.17. The molecule has 3 aromatic carbocycles. The van der Waals surface area contributed by atoms with Gasteiger partial charge in [0.05, 0.1) is 18.4 Å². The molecule has 2 amide bonds. The molecule has 2 N–H and O–H groups in total. The Balaban J connectivity index is 1.80. The fourth-order valence-corrected chi connectivity index (χ4v) is 2.67. The molecule has 0 fully saturated rings. The third-order valence-corrected chi connectivity index (χ3v) is 4.03. The number of hydrogen-bond donors (Lipinski definition) is 2. The van der Waals surface area contributed by atoms with Gasteiger partial charge in [-0.3, -0.25) is 9.59 Å². The van der Waals surface area contributed by atoms with E-state index in [0.717, 1.165) is 5.56 Å². The minimum atomic E-state index is -0.316. The predicted octanol–water partition coefficient (Wildman–Crippen LogP) is 4.51.